The van der Waals surface area contributed by atoms with Crippen LogP contribution in [0, 0.1) is 66.7 Å². The molecule has 14 rings (SSSR count). The summed E-state index contributed by atoms with van der Waals surface area (Å²) in [7, 11) is 0. The molecule has 0 spiro atoms. The third-order valence-electron chi connectivity index (χ3n) is 16.5. The Balaban J connectivity index is 1.14. The van der Waals surface area contributed by atoms with Gasteiger partial charge in [-0.2, -0.15) is 5.26 Å². The molecular weight excluding hydrogens is 1020 g/mol. The lowest BCUT2D eigenvalue weighted by Crippen LogP contribution is -2.07. The average molecular weight is 1080 g/mol. The van der Waals surface area contributed by atoms with Gasteiger partial charge in [0.25, 0.3) is 0 Å². The van der Waals surface area contributed by atoms with Gasteiger partial charge in [-0.25, -0.2) is 9.97 Å². The van der Waals surface area contributed by atoms with E-state index in [2.05, 4.69) is 283 Å². The first-order valence-corrected chi connectivity index (χ1v) is 28.9. The van der Waals surface area contributed by atoms with Crippen molar-refractivity contribution >= 4 is 43.6 Å². The van der Waals surface area contributed by atoms with Crippen LogP contribution in [0.2, 0.25) is 0 Å². The third-order valence-corrected chi connectivity index (χ3v) is 16.5. The SMILES string of the molecule is Cc1cc(C)cc(-c2ccc3c(c2)c2cc(-c4cc(C)cc(C)c4)ccc2n3-c2cc(C#N)cc(-n3c4ccc(-c5cc(C)cc(C)c5)cc4c4cc(-c5cc(C)cc(C)c5)ccc43)c2-c2nc(-c3ccccc3)cc(-c3ccccc3)n2)c1. The first-order chi connectivity index (χ1) is 40.8. The topological polar surface area (TPSA) is 59.4 Å². The molecule has 0 saturated carbocycles. The maximum Gasteiger partial charge on any atom is 0.164 e. The molecule has 0 radical (unpaired) electrons. The lowest BCUT2D eigenvalue weighted by atomic mass is 9.97. The molecule has 0 amide bonds. The number of nitriles is 1. The van der Waals surface area contributed by atoms with Gasteiger partial charge in [0.05, 0.1) is 62.0 Å². The molecule has 0 saturated heterocycles. The zero-order valence-corrected chi connectivity index (χ0v) is 48.6. The molecule has 0 bridgehead atoms. The number of aromatic nitrogens is 4. The normalized spacial score (nSPS) is 11.6. The summed E-state index contributed by atoms with van der Waals surface area (Å²) in [6, 6.07) is 84.3. The lowest BCUT2D eigenvalue weighted by molar-refractivity contribution is 1.10. The molecule has 14 aromatic rings. The van der Waals surface area contributed by atoms with Gasteiger partial charge in [-0.1, -0.05) is 202 Å². The minimum absolute atomic E-state index is 0.508. The standard InChI is InChI=1S/C79H61N5/c1-47-27-48(2)32-62(31-47)58-19-23-72-66(41-58)67-42-59(63-33-49(3)28-50(4)34-63)20-24-73(67)83(72)76-39-55(46-80)40-77(78(76)79-81-70(56-15-11-9-12-16-56)45-71(82-79)57-17-13-10-14-18-57)84-74-25-21-60(64-35-51(5)29-52(6)36-64)43-68(74)69-44-61(22-26-75(69)84)65-37-53(7)30-54(8)38-65/h9-45H,1-8H3. The number of hydrogen-bond acceptors (Lipinski definition) is 3. The van der Waals surface area contributed by atoms with Crippen LogP contribution in [0.1, 0.15) is 50.1 Å². The summed E-state index contributed by atoms with van der Waals surface area (Å²) in [6.07, 6.45) is 0. The minimum atomic E-state index is 0.508. The molecule has 0 unspecified atom stereocenters. The second kappa shape index (κ2) is 20.5. The molecule has 5 heteroatoms. The number of rotatable bonds is 9. The Morgan fingerprint density at radius 3 is 0.845 bits per heavy atom. The van der Waals surface area contributed by atoms with Gasteiger partial charge in [-0.3, -0.25) is 0 Å². The van der Waals surface area contributed by atoms with Crippen molar-refractivity contribution in [3.05, 3.63) is 275 Å². The van der Waals surface area contributed by atoms with Crippen molar-refractivity contribution in [2.75, 3.05) is 0 Å². The molecule has 0 aliphatic carbocycles. The van der Waals surface area contributed by atoms with E-state index in [4.69, 9.17) is 9.97 Å². The van der Waals surface area contributed by atoms with E-state index in [1.165, 1.54) is 66.8 Å². The molecule has 84 heavy (non-hydrogen) atoms. The Labute approximate surface area is 491 Å². The van der Waals surface area contributed by atoms with Crippen LogP contribution in [0.4, 0.5) is 0 Å². The van der Waals surface area contributed by atoms with Gasteiger partial charge in [0.15, 0.2) is 5.82 Å². The van der Waals surface area contributed by atoms with Crippen LogP contribution in [0.3, 0.4) is 0 Å². The Morgan fingerprint density at radius 2 is 0.571 bits per heavy atom. The van der Waals surface area contributed by atoms with Gasteiger partial charge in [0.2, 0.25) is 0 Å². The van der Waals surface area contributed by atoms with E-state index in [1.54, 1.807) is 0 Å². The first-order valence-electron chi connectivity index (χ1n) is 28.9. The zero-order valence-electron chi connectivity index (χ0n) is 48.6. The van der Waals surface area contributed by atoms with Crippen molar-refractivity contribution in [3.63, 3.8) is 0 Å². The molecule has 3 heterocycles. The molecule has 0 aliphatic heterocycles. The summed E-state index contributed by atoms with van der Waals surface area (Å²) < 4.78 is 4.73. The molecule has 0 aliphatic rings. The number of nitrogens with zero attached hydrogens (tertiary/aromatic N) is 5. The average Bonchev–Trinajstić information content (AvgIpc) is 1.79. The predicted octanol–water partition coefficient (Wildman–Crippen LogP) is 20.7. The molecule has 402 valence electrons. The van der Waals surface area contributed by atoms with Gasteiger partial charge in [0, 0.05) is 32.7 Å². The summed E-state index contributed by atoms with van der Waals surface area (Å²) >= 11 is 0. The Morgan fingerprint density at radius 1 is 0.286 bits per heavy atom. The van der Waals surface area contributed by atoms with E-state index in [1.807, 2.05) is 12.1 Å². The van der Waals surface area contributed by atoms with E-state index in [0.717, 1.165) is 105 Å². The number of aryl methyl sites for hydroxylation is 8. The highest BCUT2D eigenvalue weighted by Crippen LogP contribution is 2.46. The van der Waals surface area contributed by atoms with Crippen molar-refractivity contribution in [1.82, 2.24) is 19.1 Å². The van der Waals surface area contributed by atoms with Gasteiger partial charge < -0.3 is 9.13 Å². The van der Waals surface area contributed by atoms with Gasteiger partial charge in [0.1, 0.15) is 0 Å². The molecule has 0 atom stereocenters. The molecule has 3 aromatic heterocycles. The quantitative estimate of drug-likeness (QED) is 0.145. The number of benzene rings is 11. The fraction of sp³-hybridized carbons (Fsp3) is 0.101. The van der Waals surface area contributed by atoms with E-state index in [9.17, 15) is 5.26 Å². The van der Waals surface area contributed by atoms with Crippen molar-refractivity contribution in [2.45, 2.75) is 55.4 Å². The molecular formula is C79H61N5. The molecule has 5 nitrogen and oxygen atoms in total. The fourth-order valence-corrected chi connectivity index (χ4v) is 13.2. The number of hydrogen-bond donors (Lipinski definition) is 0. The van der Waals surface area contributed by atoms with Crippen molar-refractivity contribution in [2.24, 2.45) is 0 Å². The maximum absolute atomic E-state index is 11.5. The van der Waals surface area contributed by atoms with E-state index in [0.29, 0.717) is 11.4 Å². The van der Waals surface area contributed by atoms with Gasteiger partial charge in [-0.05, 0) is 167 Å². The van der Waals surface area contributed by atoms with Crippen LogP contribution in [0.15, 0.2) is 224 Å². The second-order valence-corrected chi connectivity index (χ2v) is 23.3. The molecule has 11 aromatic carbocycles. The molecule has 0 N–H and O–H groups in total. The first kappa shape index (κ1) is 51.7. The smallest absolute Gasteiger partial charge is 0.164 e. The maximum atomic E-state index is 11.5. The lowest BCUT2D eigenvalue weighted by Gasteiger charge is -2.21. The monoisotopic (exact) mass is 1080 g/mol. The van der Waals surface area contributed by atoms with Crippen LogP contribution < -0.4 is 0 Å². The van der Waals surface area contributed by atoms with Crippen LogP contribution >= 0.6 is 0 Å². The van der Waals surface area contributed by atoms with Crippen LogP contribution in [-0.4, -0.2) is 19.1 Å². The summed E-state index contributed by atoms with van der Waals surface area (Å²) in [4.78, 5) is 11.4. The Bertz CT molecular complexity index is 4450. The Hall–Kier alpha value is -10.4. The van der Waals surface area contributed by atoms with Crippen LogP contribution in [0.5, 0.6) is 0 Å². The van der Waals surface area contributed by atoms with Crippen molar-refractivity contribution < 1.29 is 0 Å². The molecule has 0 fully saturated rings. The largest absolute Gasteiger partial charge is 0.308 e. The van der Waals surface area contributed by atoms with Crippen LogP contribution in [-0.2, 0) is 0 Å². The summed E-state index contributed by atoms with van der Waals surface area (Å²) in [5.41, 5.74) is 29.4. The zero-order chi connectivity index (χ0) is 57.5. The summed E-state index contributed by atoms with van der Waals surface area (Å²) in [5.74, 6) is 0.534. The van der Waals surface area contributed by atoms with Crippen molar-refractivity contribution in [1.29, 1.82) is 5.26 Å². The third kappa shape index (κ3) is 9.32. The van der Waals surface area contributed by atoms with Gasteiger partial charge in [-0.15, -0.1) is 0 Å². The Kier molecular flexibility index (Phi) is 12.6. The van der Waals surface area contributed by atoms with E-state index in [-0.39, 0.29) is 0 Å². The minimum Gasteiger partial charge on any atom is -0.308 e. The number of fused-ring (bicyclic) bond motifs is 6. The van der Waals surface area contributed by atoms with Gasteiger partial charge >= 0.3 is 0 Å². The second-order valence-electron chi connectivity index (χ2n) is 23.3. The summed E-state index contributed by atoms with van der Waals surface area (Å²) in [6.45, 7) is 17.3. The summed E-state index contributed by atoms with van der Waals surface area (Å²) in [5, 5.41) is 15.9. The highest BCUT2D eigenvalue weighted by atomic mass is 15.0. The highest BCUT2D eigenvalue weighted by Gasteiger charge is 2.27. The highest BCUT2D eigenvalue weighted by molar-refractivity contribution is 6.14. The predicted molar refractivity (Wildman–Crippen MR) is 351 cm³/mol. The van der Waals surface area contributed by atoms with E-state index < -0.39 is 0 Å². The fourth-order valence-electron chi connectivity index (χ4n) is 13.2. The van der Waals surface area contributed by atoms with Crippen LogP contribution in [0.25, 0.3) is 133 Å². The van der Waals surface area contributed by atoms with E-state index >= 15 is 0 Å². The van der Waals surface area contributed by atoms with Crippen molar-refractivity contribution in [3.8, 4) is 95.9 Å².